The van der Waals surface area contributed by atoms with Gasteiger partial charge in [-0.25, -0.2) is 0 Å². The molecule has 5 nitrogen and oxygen atoms in total. The summed E-state index contributed by atoms with van der Waals surface area (Å²) in [5, 5.41) is 6.87. The number of hydrogen-bond donors (Lipinski definition) is 1. The van der Waals surface area contributed by atoms with E-state index in [2.05, 4.69) is 29.3 Å². The highest BCUT2D eigenvalue weighted by molar-refractivity contribution is 5.18. The fourth-order valence-electron chi connectivity index (χ4n) is 1.32. The number of nitrogens with zero attached hydrogens (tertiary/aromatic N) is 2. The van der Waals surface area contributed by atoms with Crippen LogP contribution in [0.4, 0.5) is 6.01 Å². The molecule has 5 heteroatoms. The van der Waals surface area contributed by atoms with E-state index in [0.29, 0.717) is 24.4 Å². The lowest BCUT2D eigenvalue weighted by Crippen LogP contribution is -2.12. The second kappa shape index (κ2) is 5.70. The first-order chi connectivity index (χ1) is 7.19. The Morgan fingerprint density at radius 1 is 1.40 bits per heavy atom. The molecule has 1 rings (SSSR count). The maximum Gasteiger partial charge on any atom is 0.321 e. The summed E-state index contributed by atoms with van der Waals surface area (Å²) in [6.45, 7) is 9.50. The van der Waals surface area contributed by atoms with Crippen molar-refractivity contribution in [3.05, 3.63) is 5.82 Å². The monoisotopic (exact) mass is 213 g/mol. The molecule has 0 saturated carbocycles. The van der Waals surface area contributed by atoms with Crippen molar-refractivity contribution in [1.82, 2.24) is 10.1 Å². The number of rotatable bonds is 6. The van der Waals surface area contributed by atoms with Gasteiger partial charge in [0.25, 0.3) is 0 Å². The second-order valence-corrected chi connectivity index (χ2v) is 3.61. The number of anilines is 1. The van der Waals surface area contributed by atoms with E-state index >= 15 is 0 Å². The predicted octanol–water partition coefficient (Wildman–Crippen LogP) is 2.24. The van der Waals surface area contributed by atoms with Crippen molar-refractivity contribution >= 4 is 6.01 Å². The Labute approximate surface area is 90.2 Å². The van der Waals surface area contributed by atoms with Crippen LogP contribution in [0.3, 0.4) is 0 Å². The number of aromatic nitrogens is 2. The fraction of sp³-hybridized carbons (Fsp3) is 0.800. The maximum atomic E-state index is 5.57. The van der Waals surface area contributed by atoms with Crippen molar-refractivity contribution in [2.24, 2.45) is 5.92 Å². The maximum absolute atomic E-state index is 5.57. The van der Waals surface area contributed by atoms with Gasteiger partial charge < -0.3 is 14.6 Å². The zero-order valence-electron chi connectivity index (χ0n) is 9.78. The smallest absolute Gasteiger partial charge is 0.321 e. The Kier molecular flexibility index (Phi) is 4.55. The van der Waals surface area contributed by atoms with Crippen LogP contribution in [0.15, 0.2) is 4.52 Å². The normalized spacial score (nSPS) is 13.1. The standard InChI is InChI=1S/C10H19N3O2/c1-5-11-10-12-9(13-15-10)8(7(3)4)14-6-2/h7-8H,5-6H2,1-4H3,(H,11,12,13). The van der Waals surface area contributed by atoms with Crippen LogP contribution in [-0.2, 0) is 4.74 Å². The molecular weight excluding hydrogens is 194 g/mol. The average Bonchev–Trinajstić information content (AvgIpc) is 2.62. The molecule has 1 aromatic heterocycles. The molecule has 0 spiro atoms. The molecule has 0 aliphatic heterocycles. The molecule has 1 atom stereocenters. The summed E-state index contributed by atoms with van der Waals surface area (Å²) >= 11 is 0. The third-order valence-electron chi connectivity index (χ3n) is 1.98. The van der Waals surface area contributed by atoms with Crippen molar-refractivity contribution in [2.75, 3.05) is 18.5 Å². The Hall–Kier alpha value is -1.10. The number of nitrogens with one attached hydrogen (secondary N) is 1. The first kappa shape index (κ1) is 12.0. The Balaban J connectivity index is 2.72. The van der Waals surface area contributed by atoms with E-state index in [1.807, 2.05) is 13.8 Å². The summed E-state index contributed by atoms with van der Waals surface area (Å²) in [4.78, 5) is 4.23. The molecule has 15 heavy (non-hydrogen) atoms. The lowest BCUT2D eigenvalue weighted by molar-refractivity contribution is 0.0217. The molecule has 0 aromatic carbocycles. The third-order valence-corrected chi connectivity index (χ3v) is 1.98. The van der Waals surface area contributed by atoms with E-state index in [1.54, 1.807) is 0 Å². The van der Waals surface area contributed by atoms with Gasteiger partial charge in [-0.1, -0.05) is 19.0 Å². The van der Waals surface area contributed by atoms with Gasteiger partial charge in [0.15, 0.2) is 0 Å². The lowest BCUT2D eigenvalue weighted by Gasteiger charge is -2.16. The lowest BCUT2D eigenvalue weighted by atomic mass is 10.1. The quantitative estimate of drug-likeness (QED) is 0.785. The van der Waals surface area contributed by atoms with Crippen LogP contribution in [0.5, 0.6) is 0 Å². The molecule has 0 bridgehead atoms. The summed E-state index contributed by atoms with van der Waals surface area (Å²) in [6, 6.07) is 0.456. The molecule has 1 unspecified atom stereocenters. The van der Waals surface area contributed by atoms with Gasteiger partial charge >= 0.3 is 6.01 Å². The predicted molar refractivity (Wildman–Crippen MR) is 57.7 cm³/mol. The van der Waals surface area contributed by atoms with Gasteiger partial charge in [-0.05, 0) is 19.8 Å². The van der Waals surface area contributed by atoms with Crippen molar-refractivity contribution < 1.29 is 9.26 Å². The molecule has 0 saturated heterocycles. The van der Waals surface area contributed by atoms with E-state index in [9.17, 15) is 0 Å². The summed E-state index contributed by atoms with van der Waals surface area (Å²) in [5.74, 6) is 0.944. The average molecular weight is 213 g/mol. The van der Waals surface area contributed by atoms with Gasteiger partial charge in [-0.15, -0.1) is 0 Å². The zero-order chi connectivity index (χ0) is 11.3. The van der Waals surface area contributed by atoms with Crippen molar-refractivity contribution in [3.63, 3.8) is 0 Å². The minimum absolute atomic E-state index is 0.0915. The highest BCUT2D eigenvalue weighted by atomic mass is 16.5. The molecule has 0 fully saturated rings. The van der Waals surface area contributed by atoms with Crippen LogP contribution in [0.25, 0.3) is 0 Å². The van der Waals surface area contributed by atoms with E-state index in [1.165, 1.54) is 0 Å². The van der Waals surface area contributed by atoms with Gasteiger partial charge in [0.1, 0.15) is 6.10 Å². The minimum atomic E-state index is -0.0915. The van der Waals surface area contributed by atoms with Crippen LogP contribution in [0, 0.1) is 5.92 Å². The van der Waals surface area contributed by atoms with Crippen LogP contribution in [0.1, 0.15) is 39.6 Å². The van der Waals surface area contributed by atoms with E-state index in [4.69, 9.17) is 9.26 Å². The van der Waals surface area contributed by atoms with Gasteiger partial charge in [0.2, 0.25) is 5.82 Å². The van der Waals surface area contributed by atoms with Crippen LogP contribution < -0.4 is 5.32 Å². The first-order valence-corrected chi connectivity index (χ1v) is 5.38. The molecule has 0 aliphatic rings. The molecule has 1 N–H and O–H groups in total. The van der Waals surface area contributed by atoms with E-state index in [-0.39, 0.29) is 6.10 Å². The van der Waals surface area contributed by atoms with Crippen molar-refractivity contribution in [3.8, 4) is 0 Å². The summed E-state index contributed by atoms with van der Waals surface area (Å²) in [7, 11) is 0. The van der Waals surface area contributed by atoms with Crippen LogP contribution >= 0.6 is 0 Å². The van der Waals surface area contributed by atoms with Crippen molar-refractivity contribution in [2.45, 2.75) is 33.8 Å². The van der Waals surface area contributed by atoms with Gasteiger partial charge in [-0.2, -0.15) is 4.98 Å². The fourth-order valence-corrected chi connectivity index (χ4v) is 1.32. The molecule has 0 aliphatic carbocycles. The minimum Gasteiger partial charge on any atom is -0.370 e. The Morgan fingerprint density at radius 3 is 2.67 bits per heavy atom. The second-order valence-electron chi connectivity index (χ2n) is 3.61. The van der Waals surface area contributed by atoms with E-state index < -0.39 is 0 Å². The molecular formula is C10H19N3O2. The van der Waals surface area contributed by atoms with Crippen LogP contribution in [-0.4, -0.2) is 23.3 Å². The number of ether oxygens (including phenoxy) is 1. The molecule has 0 radical (unpaired) electrons. The highest BCUT2D eigenvalue weighted by Gasteiger charge is 2.21. The first-order valence-electron chi connectivity index (χ1n) is 5.38. The molecule has 86 valence electrons. The van der Waals surface area contributed by atoms with Crippen LogP contribution in [0.2, 0.25) is 0 Å². The highest BCUT2D eigenvalue weighted by Crippen LogP contribution is 2.23. The third kappa shape index (κ3) is 3.20. The molecule has 1 aromatic rings. The molecule has 0 amide bonds. The summed E-state index contributed by atoms with van der Waals surface area (Å²) < 4.78 is 10.6. The van der Waals surface area contributed by atoms with Gasteiger partial charge in [0.05, 0.1) is 0 Å². The Bertz CT molecular complexity index is 286. The zero-order valence-corrected chi connectivity index (χ0v) is 9.78. The van der Waals surface area contributed by atoms with E-state index in [0.717, 1.165) is 6.54 Å². The van der Waals surface area contributed by atoms with Gasteiger partial charge in [0, 0.05) is 13.2 Å². The van der Waals surface area contributed by atoms with Crippen molar-refractivity contribution in [1.29, 1.82) is 0 Å². The molecule has 1 heterocycles. The summed E-state index contributed by atoms with van der Waals surface area (Å²) in [6.07, 6.45) is -0.0915. The largest absolute Gasteiger partial charge is 0.370 e. The summed E-state index contributed by atoms with van der Waals surface area (Å²) in [5.41, 5.74) is 0. The number of hydrogen-bond acceptors (Lipinski definition) is 5. The van der Waals surface area contributed by atoms with Gasteiger partial charge in [-0.3, -0.25) is 0 Å². The topological polar surface area (TPSA) is 60.2 Å². The SMILES string of the molecule is CCNc1nc(C(OCC)C(C)C)no1. The Morgan fingerprint density at radius 2 is 2.13 bits per heavy atom.